The summed E-state index contributed by atoms with van der Waals surface area (Å²) in [5.41, 5.74) is -1.01. The lowest BCUT2D eigenvalue weighted by atomic mass is 9.43. The minimum absolute atomic E-state index is 0.00647. The molecule has 3 heterocycles. The minimum Gasteiger partial charge on any atom is -0.496 e. The van der Waals surface area contributed by atoms with Crippen LogP contribution in [-0.4, -0.2) is 139 Å². The van der Waals surface area contributed by atoms with Gasteiger partial charge < -0.3 is 53.9 Å². The first-order valence-electron chi connectivity index (χ1n) is 25.3. The lowest BCUT2D eigenvalue weighted by molar-refractivity contribution is -0.199. The van der Waals surface area contributed by atoms with Gasteiger partial charge in [0.05, 0.1) is 43.2 Å². The lowest BCUT2D eigenvalue weighted by Gasteiger charge is -2.64. The van der Waals surface area contributed by atoms with Crippen molar-refractivity contribution in [1.29, 1.82) is 0 Å². The van der Waals surface area contributed by atoms with Crippen molar-refractivity contribution >= 4 is 71.7 Å². The van der Waals surface area contributed by atoms with E-state index in [9.17, 15) is 28.8 Å². The van der Waals surface area contributed by atoms with Gasteiger partial charge in [-0.3, -0.25) is 24.6 Å². The number of nitrogens with zero attached hydrogens (tertiary/aromatic N) is 4. The van der Waals surface area contributed by atoms with E-state index in [0.717, 1.165) is 34.6 Å². The molecule has 8 rings (SSSR count). The van der Waals surface area contributed by atoms with E-state index >= 15 is 4.79 Å². The first-order valence-corrected chi connectivity index (χ1v) is 26.2. The number of thiazole rings is 1. The van der Waals surface area contributed by atoms with Crippen LogP contribution in [0.25, 0.3) is 0 Å². The number of carbonyl (C=O) groups excluding carboxylic acids is 7. The SMILES string of the molecule is CCN1CCN(C(=O)NC(C(=O)N[C@@H](Cc2ccc(C=NOCCNC(=O)OC(C)(C)C)c(C(=O)OC(C)(C)C)c2OC)B2O[C@@H]3C[C@@H]4C[C@@H](C4(C)C)[C@]3(C)O2)c2csc(NC(=O)OCc3ccccc3)n2)C(=O)C1=O. The Labute approximate surface area is 446 Å². The molecular weight excluding hydrogens is 1000 g/mol. The number of benzene rings is 2. The molecule has 2 saturated heterocycles. The summed E-state index contributed by atoms with van der Waals surface area (Å²) in [4.78, 5) is 107. The molecule has 3 saturated carbocycles. The summed E-state index contributed by atoms with van der Waals surface area (Å²) in [5.74, 6) is -3.97. The average molecular weight is 1070 g/mol. The number of carbonyl (C=O) groups is 7. The van der Waals surface area contributed by atoms with Crippen molar-refractivity contribution in [2.45, 2.75) is 130 Å². The Morgan fingerprint density at radius 3 is 2.34 bits per heavy atom. The quantitative estimate of drug-likeness (QED) is 0.0211. The molecular formula is C52H69BN8O14S. The second-order valence-electron chi connectivity index (χ2n) is 21.9. The predicted molar refractivity (Wildman–Crippen MR) is 279 cm³/mol. The molecule has 4 N–H and O–H groups in total. The summed E-state index contributed by atoms with van der Waals surface area (Å²) in [5, 5.41) is 16.4. The van der Waals surface area contributed by atoms with E-state index in [1.54, 1.807) is 72.7 Å². The molecule has 5 fully saturated rings. The smallest absolute Gasteiger partial charge is 0.482 e. The highest BCUT2D eigenvalue weighted by Gasteiger charge is 2.68. The number of esters is 1. The van der Waals surface area contributed by atoms with Crippen LogP contribution in [0.15, 0.2) is 53.0 Å². The highest BCUT2D eigenvalue weighted by atomic mass is 32.1. The normalized spacial score (nSPS) is 21.7. The zero-order valence-corrected chi connectivity index (χ0v) is 45.8. The van der Waals surface area contributed by atoms with Crippen LogP contribution >= 0.6 is 11.3 Å². The summed E-state index contributed by atoms with van der Waals surface area (Å²) in [6.07, 6.45) is 1.11. The molecule has 7 amide bonds. The summed E-state index contributed by atoms with van der Waals surface area (Å²) >= 11 is 0.956. The van der Waals surface area contributed by atoms with Gasteiger partial charge in [0.1, 0.15) is 35.7 Å². The van der Waals surface area contributed by atoms with Crippen molar-refractivity contribution in [2.75, 3.05) is 45.2 Å². The molecule has 5 aliphatic rings. The van der Waals surface area contributed by atoms with Crippen LogP contribution in [0.4, 0.5) is 19.5 Å². The number of anilines is 1. The third kappa shape index (κ3) is 13.2. The maximum atomic E-state index is 15.1. The third-order valence-electron chi connectivity index (χ3n) is 14.0. The summed E-state index contributed by atoms with van der Waals surface area (Å²) in [6, 6.07) is 9.69. The van der Waals surface area contributed by atoms with Crippen LogP contribution in [0.5, 0.6) is 5.75 Å². The van der Waals surface area contributed by atoms with Crippen LogP contribution in [-0.2, 0) is 55.8 Å². The summed E-state index contributed by atoms with van der Waals surface area (Å²) < 4.78 is 36.3. The molecule has 410 valence electrons. The first kappa shape index (κ1) is 56.9. The Bertz CT molecular complexity index is 2690. The number of piperazine rings is 1. The van der Waals surface area contributed by atoms with E-state index in [2.05, 4.69) is 45.3 Å². The zero-order valence-electron chi connectivity index (χ0n) is 44.9. The number of oxime groups is 1. The van der Waals surface area contributed by atoms with Crippen LogP contribution in [0, 0.1) is 17.3 Å². The lowest BCUT2D eigenvalue weighted by Crippen LogP contribution is -2.65. The molecule has 2 aliphatic heterocycles. The number of hydrogen-bond donors (Lipinski definition) is 4. The van der Waals surface area contributed by atoms with Crippen LogP contribution < -0.4 is 26.0 Å². The Morgan fingerprint density at radius 2 is 1.67 bits per heavy atom. The van der Waals surface area contributed by atoms with E-state index < -0.39 is 77.8 Å². The van der Waals surface area contributed by atoms with E-state index in [4.69, 9.17) is 33.1 Å². The Hall–Kier alpha value is -6.79. The maximum absolute atomic E-state index is 15.1. The number of likely N-dealkylation sites (N-methyl/N-ethyl adjacent to an activating group) is 1. The van der Waals surface area contributed by atoms with E-state index in [1.165, 1.54) is 23.6 Å². The van der Waals surface area contributed by atoms with Gasteiger partial charge in [0.25, 0.3) is 0 Å². The van der Waals surface area contributed by atoms with Gasteiger partial charge in [0, 0.05) is 30.6 Å². The van der Waals surface area contributed by atoms with Gasteiger partial charge in [-0.05, 0) is 103 Å². The number of rotatable bonds is 18. The number of aromatic nitrogens is 1. The number of alkyl carbamates (subject to hydrolysis) is 1. The molecule has 3 aromatic rings. The van der Waals surface area contributed by atoms with Crippen molar-refractivity contribution in [1.82, 2.24) is 30.7 Å². The molecule has 24 heteroatoms. The Balaban J connectivity index is 1.21. The fraction of sp³-hybridized carbons (Fsp3) is 0.558. The molecule has 2 bridgehead atoms. The van der Waals surface area contributed by atoms with Crippen molar-refractivity contribution < 1.29 is 66.7 Å². The molecule has 3 aliphatic carbocycles. The van der Waals surface area contributed by atoms with Gasteiger partial charge in [-0.2, -0.15) is 0 Å². The second kappa shape index (κ2) is 23.2. The fourth-order valence-electron chi connectivity index (χ4n) is 10.1. The molecule has 76 heavy (non-hydrogen) atoms. The highest BCUT2D eigenvalue weighted by Crippen LogP contribution is 2.65. The van der Waals surface area contributed by atoms with Crippen LogP contribution in [0.1, 0.15) is 121 Å². The Morgan fingerprint density at radius 1 is 0.947 bits per heavy atom. The highest BCUT2D eigenvalue weighted by molar-refractivity contribution is 7.14. The van der Waals surface area contributed by atoms with Gasteiger partial charge in [-0.15, -0.1) is 11.3 Å². The van der Waals surface area contributed by atoms with E-state index in [0.29, 0.717) is 11.5 Å². The minimum atomic E-state index is -1.63. The molecule has 6 atom stereocenters. The summed E-state index contributed by atoms with van der Waals surface area (Å²) in [7, 11) is 0.300. The van der Waals surface area contributed by atoms with Crippen molar-refractivity contribution in [3.05, 3.63) is 75.8 Å². The van der Waals surface area contributed by atoms with Crippen LogP contribution in [0.2, 0.25) is 0 Å². The third-order valence-corrected chi connectivity index (χ3v) is 14.8. The van der Waals surface area contributed by atoms with Crippen molar-refractivity contribution in [2.24, 2.45) is 22.4 Å². The van der Waals surface area contributed by atoms with Gasteiger partial charge >= 0.3 is 43.1 Å². The molecule has 22 nitrogen and oxygen atoms in total. The number of amides is 7. The molecule has 0 spiro atoms. The Kier molecular flexibility index (Phi) is 17.4. The van der Waals surface area contributed by atoms with Gasteiger partial charge in [0.15, 0.2) is 11.2 Å². The van der Waals surface area contributed by atoms with Gasteiger partial charge in [-0.25, -0.2) is 24.2 Å². The number of urea groups is 1. The maximum Gasteiger partial charge on any atom is 0.482 e. The van der Waals surface area contributed by atoms with E-state index in [-0.39, 0.29) is 91.0 Å². The molecule has 2 aromatic carbocycles. The zero-order chi connectivity index (χ0) is 55.3. The van der Waals surface area contributed by atoms with E-state index in [1.807, 2.05) is 25.1 Å². The van der Waals surface area contributed by atoms with Gasteiger partial charge in [0.2, 0.25) is 5.91 Å². The molecule has 1 unspecified atom stereocenters. The summed E-state index contributed by atoms with van der Waals surface area (Å²) in [6.45, 7) is 18.8. The number of ether oxygens (including phenoxy) is 4. The fourth-order valence-corrected chi connectivity index (χ4v) is 10.8. The number of methoxy groups -OCH3 is 1. The standard InChI is InChI=1S/C52H69BN8O14S/c1-12-60-21-22-61(43(64)42(60)63)46(66)58-39(34-29-76-45(56-34)59-48(68)70-28-30-16-14-13-15-17-30)41(62)57-37(53-74-36-26-33-25-35(51(33,8)9)52(36,10)75-53)24-31-18-19-32(38(40(31)69-11)44(65)72-49(2,3)4)27-55-71-23-20-54-47(67)73-50(5,6)7/h13-19,27,29,33,35-37,39H,12,20-26,28H2,1-11H3,(H,54,67)(H,57,62)(H,58,66)(H,56,59,68)/t33-,35-,36+,37-,39?,52-/m0/s1. The number of hydrogen-bond acceptors (Lipinski definition) is 17. The van der Waals surface area contributed by atoms with Crippen molar-refractivity contribution in [3.63, 3.8) is 0 Å². The predicted octanol–water partition coefficient (Wildman–Crippen LogP) is 6.17. The van der Waals surface area contributed by atoms with Crippen LogP contribution in [0.3, 0.4) is 0 Å². The number of nitrogens with one attached hydrogen (secondary N) is 4. The van der Waals surface area contributed by atoms with Gasteiger partial charge in [-0.1, -0.05) is 61.5 Å². The second-order valence-corrected chi connectivity index (χ2v) is 22.7. The topological polar surface area (TPSA) is 264 Å². The number of imide groups is 1. The largest absolute Gasteiger partial charge is 0.496 e. The monoisotopic (exact) mass is 1070 g/mol. The molecule has 0 radical (unpaired) electrons. The first-order chi connectivity index (χ1) is 35.8. The van der Waals surface area contributed by atoms with Crippen molar-refractivity contribution in [3.8, 4) is 5.75 Å². The average Bonchev–Trinajstić information content (AvgIpc) is 3.97. The molecule has 1 aromatic heterocycles.